The third-order valence-electron chi connectivity index (χ3n) is 2.37. The van der Waals surface area contributed by atoms with Crippen molar-refractivity contribution in [2.24, 2.45) is 0 Å². The molecular weight excluding hydrogens is 228 g/mol. The molecule has 88 valence electrons. The topological polar surface area (TPSA) is 50.2 Å². The summed E-state index contributed by atoms with van der Waals surface area (Å²) >= 11 is 0. The van der Waals surface area contributed by atoms with Gasteiger partial charge in [-0.05, 0) is 12.1 Å². The Bertz CT molecular complexity index is 569. The molecule has 5 heteroatoms. The number of para-hydroxylation sites is 1. The van der Waals surface area contributed by atoms with Crippen molar-refractivity contribution in [2.75, 3.05) is 0 Å². The maximum absolute atomic E-state index is 13.0. The van der Waals surface area contributed by atoms with Gasteiger partial charge >= 0.3 is 11.9 Å². The number of carbonyl (C=O) groups is 1. The Balaban J connectivity index is 2.34. The third-order valence-corrected chi connectivity index (χ3v) is 2.37. The Labute approximate surface area is 95.7 Å². The maximum Gasteiger partial charge on any atom is 0.374 e. The smallest absolute Gasteiger partial charge is 0.374 e. The normalized spacial score (nSPS) is 11.6. The fraction of sp³-hybridized carbons (Fsp3) is 0.167. The number of fused-ring (bicyclic) bond motifs is 1. The van der Waals surface area contributed by atoms with E-state index in [1.54, 1.807) is 24.3 Å². The second-order valence-electron chi connectivity index (χ2n) is 3.68. The van der Waals surface area contributed by atoms with Crippen LogP contribution in [0.5, 0.6) is 0 Å². The molecule has 3 nitrogen and oxygen atoms in total. The largest absolute Gasteiger partial charge is 0.477 e. The van der Waals surface area contributed by atoms with Crippen LogP contribution in [0.15, 0.2) is 36.4 Å². The van der Waals surface area contributed by atoms with Gasteiger partial charge in [0.2, 0.25) is 0 Å². The quantitative estimate of drug-likeness (QED) is 0.892. The summed E-state index contributed by atoms with van der Waals surface area (Å²) in [6.45, 7) is 0. The number of aromatic nitrogens is 1. The average Bonchev–Trinajstić information content (AvgIpc) is 2.28. The van der Waals surface area contributed by atoms with Gasteiger partial charge in [0.15, 0.2) is 0 Å². The van der Waals surface area contributed by atoms with Crippen molar-refractivity contribution in [3.63, 3.8) is 0 Å². The van der Waals surface area contributed by atoms with Crippen molar-refractivity contribution in [3.05, 3.63) is 42.1 Å². The molecular formula is C12H9F2NO2. The Hall–Kier alpha value is -2.04. The van der Waals surface area contributed by atoms with E-state index >= 15 is 0 Å². The van der Waals surface area contributed by atoms with Gasteiger partial charge in [0.25, 0.3) is 0 Å². The predicted octanol–water partition coefficient (Wildman–Crippen LogP) is 2.50. The van der Waals surface area contributed by atoms with Crippen LogP contribution in [0, 0.1) is 0 Å². The molecule has 2 rings (SSSR count). The molecule has 1 aromatic heterocycles. The van der Waals surface area contributed by atoms with Gasteiger partial charge in [-0.15, -0.1) is 0 Å². The van der Waals surface area contributed by atoms with Crippen molar-refractivity contribution >= 4 is 16.9 Å². The highest BCUT2D eigenvalue weighted by Gasteiger charge is 2.39. The molecule has 1 heterocycles. The van der Waals surface area contributed by atoms with Crippen LogP contribution in [-0.4, -0.2) is 22.0 Å². The minimum absolute atomic E-state index is 0.0658. The predicted molar refractivity (Wildman–Crippen MR) is 58.0 cm³/mol. The molecule has 0 bridgehead atoms. The minimum atomic E-state index is -3.78. The van der Waals surface area contributed by atoms with Crippen LogP contribution < -0.4 is 0 Å². The molecule has 0 unspecified atom stereocenters. The Morgan fingerprint density at radius 2 is 1.94 bits per heavy atom. The molecule has 17 heavy (non-hydrogen) atoms. The van der Waals surface area contributed by atoms with Gasteiger partial charge in [0.05, 0.1) is 11.9 Å². The summed E-state index contributed by atoms with van der Waals surface area (Å²) in [5.41, 5.74) is 0.641. The second kappa shape index (κ2) is 4.08. The molecule has 0 saturated carbocycles. The lowest BCUT2D eigenvalue weighted by molar-refractivity contribution is -0.164. The second-order valence-corrected chi connectivity index (χ2v) is 3.68. The highest BCUT2D eigenvalue weighted by molar-refractivity contribution is 5.79. The molecule has 1 aromatic carbocycles. The van der Waals surface area contributed by atoms with Crippen molar-refractivity contribution in [2.45, 2.75) is 12.3 Å². The first-order chi connectivity index (χ1) is 7.99. The first-order valence-electron chi connectivity index (χ1n) is 4.95. The molecule has 2 aromatic rings. The lowest BCUT2D eigenvalue weighted by Gasteiger charge is -2.10. The zero-order valence-corrected chi connectivity index (χ0v) is 8.73. The summed E-state index contributed by atoms with van der Waals surface area (Å²) in [7, 11) is 0. The SMILES string of the molecule is O=C(O)C(F)(F)Cc1ccc2ccccc2n1. The highest BCUT2D eigenvalue weighted by Crippen LogP contribution is 2.21. The number of benzene rings is 1. The van der Waals surface area contributed by atoms with E-state index in [0.29, 0.717) is 5.52 Å². The third kappa shape index (κ3) is 2.38. The lowest BCUT2D eigenvalue weighted by atomic mass is 10.1. The van der Waals surface area contributed by atoms with E-state index in [-0.39, 0.29) is 5.69 Å². The molecule has 0 atom stereocenters. The van der Waals surface area contributed by atoms with Crippen LogP contribution in [0.25, 0.3) is 10.9 Å². The number of aliphatic carboxylic acids is 1. The number of rotatable bonds is 3. The molecule has 0 amide bonds. The molecule has 0 radical (unpaired) electrons. The van der Waals surface area contributed by atoms with Crippen LogP contribution in [0.3, 0.4) is 0 Å². The lowest BCUT2D eigenvalue weighted by Crippen LogP contribution is -2.31. The molecule has 0 aliphatic carbocycles. The van der Waals surface area contributed by atoms with Crippen molar-refractivity contribution in [1.82, 2.24) is 4.98 Å². The number of nitrogens with zero attached hydrogens (tertiary/aromatic N) is 1. The number of carboxylic acid groups (broad SMARTS) is 1. The van der Waals surface area contributed by atoms with Gasteiger partial charge in [-0.2, -0.15) is 8.78 Å². The first kappa shape index (κ1) is 11.4. The summed E-state index contributed by atoms with van der Waals surface area (Å²) in [4.78, 5) is 14.3. The highest BCUT2D eigenvalue weighted by atomic mass is 19.3. The molecule has 0 spiro atoms. The van der Waals surface area contributed by atoms with E-state index < -0.39 is 18.3 Å². The number of halogens is 2. The van der Waals surface area contributed by atoms with Gasteiger partial charge in [0.1, 0.15) is 0 Å². The van der Waals surface area contributed by atoms with Gasteiger partial charge in [-0.25, -0.2) is 4.79 Å². The van der Waals surface area contributed by atoms with Gasteiger partial charge in [0, 0.05) is 11.1 Å². The maximum atomic E-state index is 13.0. The van der Waals surface area contributed by atoms with Gasteiger partial charge in [-0.1, -0.05) is 24.3 Å². The van der Waals surface area contributed by atoms with E-state index in [0.717, 1.165) is 5.39 Å². The van der Waals surface area contributed by atoms with Crippen molar-refractivity contribution in [1.29, 1.82) is 0 Å². The zero-order valence-electron chi connectivity index (χ0n) is 8.73. The molecule has 0 aliphatic rings. The average molecular weight is 237 g/mol. The number of hydrogen-bond acceptors (Lipinski definition) is 2. The Morgan fingerprint density at radius 3 is 2.65 bits per heavy atom. The Kier molecular flexibility index (Phi) is 2.75. The fourth-order valence-corrected chi connectivity index (χ4v) is 1.51. The van der Waals surface area contributed by atoms with Crippen LogP contribution in [0.1, 0.15) is 5.69 Å². The number of alkyl halides is 2. The van der Waals surface area contributed by atoms with E-state index in [2.05, 4.69) is 4.98 Å². The van der Waals surface area contributed by atoms with Crippen LogP contribution in [-0.2, 0) is 11.2 Å². The molecule has 0 saturated heterocycles. The van der Waals surface area contributed by atoms with Crippen molar-refractivity contribution in [3.8, 4) is 0 Å². The molecule has 0 aliphatic heterocycles. The van der Waals surface area contributed by atoms with E-state index in [1.165, 1.54) is 6.07 Å². The fourth-order valence-electron chi connectivity index (χ4n) is 1.51. The molecule has 1 N–H and O–H groups in total. The monoisotopic (exact) mass is 237 g/mol. The van der Waals surface area contributed by atoms with Crippen LogP contribution in [0.4, 0.5) is 8.78 Å². The van der Waals surface area contributed by atoms with E-state index in [9.17, 15) is 13.6 Å². The summed E-state index contributed by atoms with van der Waals surface area (Å²) in [5.74, 6) is -5.91. The summed E-state index contributed by atoms with van der Waals surface area (Å²) in [6.07, 6.45) is -0.896. The standard InChI is InChI=1S/C12H9F2NO2/c13-12(14,11(16)17)7-9-6-5-8-3-1-2-4-10(8)15-9/h1-6H,7H2,(H,16,17). The van der Waals surface area contributed by atoms with Gasteiger partial charge < -0.3 is 5.11 Å². The van der Waals surface area contributed by atoms with E-state index in [1.807, 2.05) is 6.07 Å². The first-order valence-corrected chi connectivity index (χ1v) is 4.95. The van der Waals surface area contributed by atoms with Crippen LogP contribution >= 0.6 is 0 Å². The van der Waals surface area contributed by atoms with Crippen LogP contribution in [0.2, 0.25) is 0 Å². The summed E-state index contributed by atoms with van der Waals surface area (Å²) in [5, 5.41) is 9.17. The number of hydrogen-bond donors (Lipinski definition) is 1. The van der Waals surface area contributed by atoms with Gasteiger partial charge in [-0.3, -0.25) is 4.98 Å². The minimum Gasteiger partial charge on any atom is -0.477 e. The molecule has 0 fully saturated rings. The Morgan fingerprint density at radius 1 is 1.24 bits per heavy atom. The van der Waals surface area contributed by atoms with Crippen molar-refractivity contribution < 1.29 is 18.7 Å². The zero-order chi connectivity index (χ0) is 12.5. The number of carboxylic acids is 1. The van der Waals surface area contributed by atoms with E-state index in [4.69, 9.17) is 5.11 Å². The number of pyridine rings is 1. The summed E-state index contributed by atoms with van der Waals surface area (Å²) in [6, 6.07) is 10.1. The summed E-state index contributed by atoms with van der Waals surface area (Å²) < 4.78 is 26.0.